The van der Waals surface area contributed by atoms with Gasteiger partial charge < -0.3 is 9.42 Å². The molecule has 2 heterocycles. The number of hydrogen-bond acceptors (Lipinski definition) is 4. The van der Waals surface area contributed by atoms with Crippen LogP contribution in [0.1, 0.15) is 51.0 Å². The highest BCUT2D eigenvalue weighted by Gasteiger charge is 2.41. The van der Waals surface area contributed by atoms with Crippen LogP contribution in [0.4, 0.5) is 5.95 Å². The van der Waals surface area contributed by atoms with E-state index in [0.717, 1.165) is 19.0 Å². The second-order valence-corrected chi connectivity index (χ2v) is 6.92. The van der Waals surface area contributed by atoms with E-state index in [1.165, 1.54) is 5.56 Å². The van der Waals surface area contributed by atoms with E-state index in [9.17, 15) is 0 Å². The summed E-state index contributed by atoms with van der Waals surface area (Å²) in [6.07, 6.45) is 0. The molecule has 1 aromatic carbocycles. The molecule has 1 aliphatic heterocycles. The molecule has 21 heavy (non-hydrogen) atoms. The van der Waals surface area contributed by atoms with Gasteiger partial charge in [-0.25, -0.2) is 0 Å². The Bertz CT molecular complexity index is 604. The van der Waals surface area contributed by atoms with E-state index in [1.807, 2.05) is 0 Å². The van der Waals surface area contributed by atoms with Gasteiger partial charge in [-0.1, -0.05) is 58.0 Å². The molecule has 0 unspecified atom stereocenters. The highest BCUT2D eigenvalue weighted by molar-refractivity contribution is 5.37. The highest BCUT2D eigenvalue weighted by Crippen LogP contribution is 2.43. The van der Waals surface area contributed by atoms with Gasteiger partial charge >= 0.3 is 0 Å². The first-order chi connectivity index (χ1) is 9.97. The second-order valence-electron chi connectivity index (χ2n) is 6.92. The van der Waals surface area contributed by atoms with Gasteiger partial charge in [-0.15, -0.1) is 0 Å². The minimum absolute atomic E-state index is 0.194. The Kier molecular flexibility index (Phi) is 3.47. The Balaban J connectivity index is 1.84. The standard InChI is InChI=1S/C17H23N3O/c1-12(2)15-18-16(19-21-15)20-10-14(17(3,4)11-20)13-8-6-5-7-9-13/h5-9,12,14H,10-11H2,1-4H3/t14-/m1/s1. The average Bonchev–Trinajstić information content (AvgIpc) is 3.04. The third-order valence-corrected chi connectivity index (χ3v) is 4.35. The van der Waals surface area contributed by atoms with Gasteiger partial charge in [-0.05, 0) is 16.1 Å². The Labute approximate surface area is 126 Å². The average molecular weight is 285 g/mol. The molecular formula is C17H23N3O. The molecule has 4 nitrogen and oxygen atoms in total. The van der Waals surface area contributed by atoms with Gasteiger partial charge in [0.2, 0.25) is 5.89 Å². The SMILES string of the molecule is CC(C)c1nc(N2C[C@H](c3ccccc3)C(C)(C)C2)no1. The van der Waals surface area contributed by atoms with Crippen molar-refractivity contribution in [3.05, 3.63) is 41.8 Å². The molecule has 0 saturated carbocycles. The molecule has 0 N–H and O–H groups in total. The molecule has 0 bridgehead atoms. The third-order valence-electron chi connectivity index (χ3n) is 4.35. The maximum Gasteiger partial charge on any atom is 0.266 e. The minimum atomic E-state index is 0.194. The van der Waals surface area contributed by atoms with Crippen molar-refractivity contribution in [1.82, 2.24) is 10.1 Å². The van der Waals surface area contributed by atoms with Gasteiger partial charge in [0.15, 0.2) is 0 Å². The van der Waals surface area contributed by atoms with E-state index in [4.69, 9.17) is 4.52 Å². The van der Waals surface area contributed by atoms with E-state index in [2.05, 4.69) is 73.1 Å². The van der Waals surface area contributed by atoms with Crippen LogP contribution in [0.15, 0.2) is 34.9 Å². The summed E-state index contributed by atoms with van der Waals surface area (Å²) in [4.78, 5) is 6.78. The number of rotatable bonds is 3. The summed E-state index contributed by atoms with van der Waals surface area (Å²) < 4.78 is 5.34. The fraction of sp³-hybridized carbons (Fsp3) is 0.529. The zero-order valence-electron chi connectivity index (χ0n) is 13.2. The lowest BCUT2D eigenvalue weighted by Crippen LogP contribution is -2.24. The summed E-state index contributed by atoms with van der Waals surface area (Å²) in [6, 6.07) is 10.7. The van der Waals surface area contributed by atoms with Gasteiger partial charge in [-0.2, -0.15) is 4.98 Å². The first kappa shape index (κ1) is 14.1. The Morgan fingerprint density at radius 2 is 1.95 bits per heavy atom. The zero-order valence-corrected chi connectivity index (χ0v) is 13.2. The van der Waals surface area contributed by atoms with E-state index < -0.39 is 0 Å². The molecule has 0 spiro atoms. The lowest BCUT2D eigenvalue weighted by atomic mass is 9.78. The van der Waals surface area contributed by atoms with Crippen molar-refractivity contribution in [3.63, 3.8) is 0 Å². The quantitative estimate of drug-likeness (QED) is 0.859. The third kappa shape index (κ3) is 2.67. The Morgan fingerprint density at radius 3 is 2.57 bits per heavy atom. The number of aromatic nitrogens is 2. The fourth-order valence-corrected chi connectivity index (χ4v) is 3.12. The second kappa shape index (κ2) is 5.17. The van der Waals surface area contributed by atoms with Crippen LogP contribution >= 0.6 is 0 Å². The summed E-state index contributed by atoms with van der Waals surface area (Å²) in [7, 11) is 0. The summed E-state index contributed by atoms with van der Waals surface area (Å²) in [6.45, 7) is 10.6. The lowest BCUT2D eigenvalue weighted by molar-refractivity contribution is 0.361. The molecule has 112 valence electrons. The van der Waals surface area contributed by atoms with Crippen molar-refractivity contribution < 1.29 is 4.52 Å². The van der Waals surface area contributed by atoms with Crippen LogP contribution in [0.5, 0.6) is 0 Å². The molecule has 0 radical (unpaired) electrons. The molecule has 3 rings (SSSR count). The van der Waals surface area contributed by atoms with Crippen LogP contribution in [0, 0.1) is 5.41 Å². The minimum Gasteiger partial charge on any atom is -0.337 e. The van der Waals surface area contributed by atoms with Gasteiger partial charge in [-0.3, -0.25) is 0 Å². The molecule has 1 aliphatic rings. The van der Waals surface area contributed by atoms with Crippen molar-refractivity contribution in [2.24, 2.45) is 5.41 Å². The van der Waals surface area contributed by atoms with Crippen LogP contribution in [-0.4, -0.2) is 23.2 Å². The largest absolute Gasteiger partial charge is 0.337 e. The van der Waals surface area contributed by atoms with Crippen LogP contribution in [0.3, 0.4) is 0 Å². The number of anilines is 1. The van der Waals surface area contributed by atoms with Crippen LogP contribution in [-0.2, 0) is 0 Å². The number of hydrogen-bond donors (Lipinski definition) is 0. The van der Waals surface area contributed by atoms with Crippen LogP contribution < -0.4 is 4.90 Å². The molecule has 1 aromatic heterocycles. The first-order valence-corrected chi connectivity index (χ1v) is 7.61. The maximum atomic E-state index is 5.34. The van der Waals surface area contributed by atoms with Gasteiger partial charge in [0.25, 0.3) is 5.95 Å². The van der Waals surface area contributed by atoms with E-state index in [1.54, 1.807) is 0 Å². The normalized spacial score (nSPS) is 21.2. The van der Waals surface area contributed by atoms with Crippen LogP contribution in [0.2, 0.25) is 0 Å². The zero-order chi connectivity index (χ0) is 15.0. The molecule has 4 heteroatoms. The van der Waals surface area contributed by atoms with Crippen molar-refractivity contribution >= 4 is 5.95 Å². The summed E-state index contributed by atoms with van der Waals surface area (Å²) in [5.74, 6) is 2.20. The van der Waals surface area contributed by atoms with E-state index in [0.29, 0.717) is 11.8 Å². The molecule has 1 atom stereocenters. The smallest absolute Gasteiger partial charge is 0.266 e. The van der Waals surface area contributed by atoms with Crippen LogP contribution in [0.25, 0.3) is 0 Å². The monoisotopic (exact) mass is 285 g/mol. The van der Waals surface area contributed by atoms with E-state index in [-0.39, 0.29) is 11.3 Å². The molecule has 2 aromatic rings. The molecule has 0 amide bonds. The van der Waals surface area contributed by atoms with Crippen molar-refractivity contribution in [2.75, 3.05) is 18.0 Å². The van der Waals surface area contributed by atoms with Gasteiger partial charge in [0.1, 0.15) is 0 Å². The fourth-order valence-electron chi connectivity index (χ4n) is 3.12. The van der Waals surface area contributed by atoms with Crippen molar-refractivity contribution in [2.45, 2.75) is 39.5 Å². The summed E-state index contributed by atoms with van der Waals surface area (Å²) in [5.41, 5.74) is 1.58. The molecule has 0 aliphatic carbocycles. The highest BCUT2D eigenvalue weighted by atomic mass is 16.5. The summed E-state index contributed by atoms with van der Waals surface area (Å²) in [5, 5.41) is 4.15. The number of nitrogens with zero attached hydrogens (tertiary/aromatic N) is 3. The number of benzene rings is 1. The Hall–Kier alpha value is -1.84. The van der Waals surface area contributed by atoms with Crippen molar-refractivity contribution in [1.29, 1.82) is 0 Å². The van der Waals surface area contributed by atoms with E-state index >= 15 is 0 Å². The summed E-state index contributed by atoms with van der Waals surface area (Å²) >= 11 is 0. The topological polar surface area (TPSA) is 42.2 Å². The Morgan fingerprint density at radius 1 is 1.24 bits per heavy atom. The predicted octanol–water partition coefficient (Wildman–Crippen LogP) is 3.82. The van der Waals surface area contributed by atoms with Gasteiger partial charge in [0.05, 0.1) is 0 Å². The predicted molar refractivity (Wildman–Crippen MR) is 83.6 cm³/mol. The maximum absolute atomic E-state index is 5.34. The molecule has 1 fully saturated rings. The molecule has 1 saturated heterocycles. The van der Waals surface area contributed by atoms with Gasteiger partial charge in [0, 0.05) is 24.9 Å². The first-order valence-electron chi connectivity index (χ1n) is 7.61. The lowest BCUT2D eigenvalue weighted by Gasteiger charge is -2.25. The molecular weight excluding hydrogens is 262 g/mol. The van der Waals surface area contributed by atoms with Crippen molar-refractivity contribution in [3.8, 4) is 0 Å².